The second kappa shape index (κ2) is 12.8. The van der Waals surface area contributed by atoms with Gasteiger partial charge in [-0.3, -0.25) is 0 Å². The lowest BCUT2D eigenvalue weighted by Gasteiger charge is -2.26. The van der Waals surface area contributed by atoms with E-state index in [1.54, 1.807) is 0 Å². The van der Waals surface area contributed by atoms with Gasteiger partial charge in [-0.15, -0.1) is 11.3 Å². The number of hydrogen-bond acceptors (Lipinski definition) is 4. The molecule has 0 unspecified atom stereocenters. The highest BCUT2D eigenvalue weighted by Crippen LogP contribution is 2.44. The van der Waals surface area contributed by atoms with Gasteiger partial charge >= 0.3 is 0 Å². The third-order valence-electron chi connectivity index (χ3n) is 10.7. The van der Waals surface area contributed by atoms with Crippen LogP contribution in [0.1, 0.15) is 0 Å². The summed E-state index contributed by atoms with van der Waals surface area (Å²) in [6.45, 7) is 0. The summed E-state index contributed by atoms with van der Waals surface area (Å²) in [7, 11) is 0. The molecular weight excluding hydrogens is 689 g/mol. The Kier molecular flexibility index (Phi) is 7.35. The van der Waals surface area contributed by atoms with Crippen molar-refractivity contribution in [2.24, 2.45) is 0 Å². The van der Waals surface area contributed by atoms with Crippen molar-refractivity contribution in [3.8, 4) is 33.7 Å². The third-order valence-corrected chi connectivity index (χ3v) is 11.8. The molecule has 11 aromatic rings. The Morgan fingerprint density at radius 1 is 0.400 bits per heavy atom. The molecule has 2 heterocycles. The lowest BCUT2D eigenvalue weighted by molar-refractivity contribution is 0.621. The highest BCUT2D eigenvalue weighted by atomic mass is 32.1. The van der Waals surface area contributed by atoms with Crippen LogP contribution in [0.5, 0.6) is 0 Å². The first-order chi connectivity index (χ1) is 27.2. The first-order valence-corrected chi connectivity index (χ1v) is 19.3. The van der Waals surface area contributed by atoms with Gasteiger partial charge in [0, 0.05) is 53.7 Å². The molecule has 0 N–H and O–H groups in total. The van der Waals surface area contributed by atoms with E-state index in [2.05, 4.69) is 169 Å². The van der Waals surface area contributed by atoms with E-state index in [0.29, 0.717) is 5.89 Å². The SMILES string of the molecule is c1ccc(-c2cccc(N(c3ccc(-c4cc5c6ccccc6ccc5c5nc(-c6ccccc6)oc45)cc3)c3ccc4c(c3)sc3ccccc34)c2)cc1. The van der Waals surface area contributed by atoms with E-state index >= 15 is 0 Å². The molecule has 0 aliphatic heterocycles. The van der Waals surface area contributed by atoms with Gasteiger partial charge in [-0.2, -0.15) is 0 Å². The quantitative estimate of drug-likeness (QED) is 0.160. The first-order valence-electron chi connectivity index (χ1n) is 18.5. The van der Waals surface area contributed by atoms with Crippen molar-refractivity contribution in [1.82, 2.24) is 4.98 Å². The molecule has 0 fully saturated rings. The van der Waals surface area contributed by atoms with Gasteiger partial charge in [0.1, 0.15) is 5.52 Å². The van der Waals surface area contributed by atoms with Crippen molar-refractivity contribution in [3.63, 3.8) is 0 Å². The number of nitrogens with zero attached hydrogens (tertiary/aromatic N) is 2. The van der Waals surface area contributed by atoms with Crippen molar-refractivity contribution in [3.05, 3.63) is 194 Å². The van der Waals surface area contributed by atoms with Crippen molar-refractivity contribution >= 4 is 81.2 Å². The maximum Gasteiger partial charge on any atom is 0.227 e. The molecule has 0 saturated carbocycles. The van der Waals surface area contributed by atoms with E-state index in [1.807, 2.05) is 41.7 Å². The van der Waals surface area contributed by atoms with Gasteiger partial charge in [0.2, 0.25) is 5.89 Å². The molecule has 0 spiro atoms. The minimum absolute atomic E-state index is 0.621. The van der Waals surface area contributed by atoms with Gasteiger partial charge in [-0.25, -0.2) is 4.98 Å². The molecule has 0 bridgehead atoms. The number of fused-ring (bicyclic) bond motifs is 8. The Hall–Kier alpha value is -7.01. The summed E-state index contributed by atoms with van der Waals surface area (Å²) in [6, 6.07) is 69.2. The van der Waals surface area contributed by atoms with Crippen LogP contribution >= 0.6 is 11.3 Å². The Balaban J connectivity index is 1.09. The van der Waals surface area contributed by atoms with E-state index in [-0.39, 0.29) is 0 Å². The number of oxazole rings is 1. The molecule has 0 atom stereocenters. The summed E-state index contributed by atoms with van der Waals surface area (Å²) >= 11 is 1.84. The molecule has 2 aromatic heterocycles. The van der Waals surface area contributed by atoms with Crippen molar-refractivity contribution in [2.75, 3.05) is 4.90 Å². The van der Waals surface area contributed by atoms with Crippen molar-refractivity contribution in [2.45, 2.75) is 0 Å². The molecule has 0 radical (unpaired) electrons. The van der Waals surface area contributed by atoms with Crippen LogP contribution in [0.4, 0.5) is 17.1 Å². The van der Waals surface area contributed by atoms with Gasteiger partial charge in [0.15, 0.2) is 5.58 Å². The molecule has 3 nitrogen and oxygen atoms in total. The highest BCUT2D eigenvalue weighted by Gasteiger charge is 2.20. The molecule has 9 aromatic carbocycles. The van der Waals surface area contributed by atoms with E-state index in [0.717, 1.165) is 55.6 Å². The molecular formula is C51H32N2OS. The number of benzene rings is 9. The molecule has 11 rings (SSSR count). The van der Waals surface area contributed by atoms with Gasteiger partial charge in [0.25, 0.3) is 0 Å². The van der Waals surface area contributed by atoms with Gasteiger partial charge in [0.05, 0.1) is 0 Å². The zero-order valence-electron chi connectivity index (χ0n) is 29.7. The Bertz CT molecular complexity index is 3200. The van der Waals surface area contributed by atoms with Crippen molar-refractivity contribution < 1.29 is 4.42 Å². The molecule has 0 aliphatic carbocycles. The zero-order valence-corrected chi connectivity index (χ0v) is 30.5. The predicted octanol–water partition coefficient (Wildman–Crippen LogP) is 15.0. The molecule has 258 valence electrons. The molecule has 0 aliphatic rings. The average molecular weight is 721 g/mol. The average Bonchev–Trinajstić information content (AvgIpc) is 3.87. The van der Waals surface area contributed by atoms with Crippen LogP contribution in [0.15, 0.2) is 199 Å². The normalized spacial score (nSPS) is 11.6. The zero-order chi connectivity index (χ0) is 36.3. The fraction of sp³-hybridized carbons (Fsp3) is 0. The Morgan fingerprint density at radius 2 is 1.05 bits per heavy atom. The summed E-state index contributed by atoms with van der Waals surface area (Å²) in [4.78, 5) is 7.50. The van der Waals surface area contributed by atoms with Crippen molar-refractivity contribution in [1.29, 1.82) is 0 Å². The maximum atomic E-state index is 6.68. The summed E-state index contributed by atoms with van der Waals surface area (Å²) in [6.07, 6.45) is 0. The minimum Gasteiger partial charge on any atom is -0.435 e. The van der Waals surface area contributed by atoms with Gasteiger partial charge in [-0.1, -0.05) is 133 Å². The van der Waals surface area contributed by atoms with Gasteiger partial charge < -0.3 is 9.32 Å². The number of hydrogen-bond donors (Lipinski definition) is 0. The van der Waals surface area contributed by atoms with Crippen LogP contribution in [0.3, 0.4) is 0 Å². The summed E-state index contributed by atoms with van der Waals surface area (Å²) in [5.74, 6) is 0.621. The van der Waals surface area contributed by atoms with Crippen LogP contribution in [-0.2, 0) is 0 Å². The highest BCUT2D eigenvalue weighted by molar-refractivity contribution is 7.25. The predicted molar refractivity (Wildman–Crippen MR) is 233 cm³/mol. The Morgan fingerprint density at radius 3 is 1.89 bits per heavy atom. The largest absolute Gasteiger partial charge is 0.435 e. The first kappa shape index (κ1) is 31.5. The van der Waals surface area contributed by atoms with Crippen LogP contribution in [0.25, 0.3) is 86.5 Å². The standard InChI is InChI=1S/C51H32N2OS/c1-3-12-33(13-4-1)37-17-11-18-39(30-37)53(40-27-29-43-42-20-9-10-21-47(42)55-48(43)31-40)38-25-22-35(23-26-38)45-32-46-41-19-8-7-14-34(41)24-28-44(46)49-50(45)54-51(52-49)36-15-5-2-6-16-36/h1-32H. The molecule has 55 heavy (non-hydrogen) atoms. The van der Waals surface area contributed by atoms with E-state index in [1.165, 1.54) is 42.1 Å². The van der Waals surface area contributed by atoms with E-state index < -0.39 is 0 Å². The summed E-state index contributed by atoms with van der Waals surface area (Å²) in [5, 5.41) is 7.23. The topological polar surface area (TPSA) is 29.3 Å². The number of aromatic nitrogens is 1. The number of anilines is 3. The summed E-state index contributed by atoms with van der Waals surface area (Å²) in [5.41, 5.74) is 10.3. The molecule has 0 saturated heterocycles. The second-order valence-electron chi connectivity index (χ2n) is 13.9. The van der Waals surface area contributed by atoms with Crippen LogP contribution < -0.4 is 4.90 Å². The third kappa shape index (κ3) is 5.38. The minimum atomic E-state index is 0.621. The van der Waals surface area contributed by atoms with Crippen LogP contribution in [-0.4, -0.2) is 4.98 Å². The lowest BCUT2D eigenvalue weighted by Crippen LogP contribution is -2.09. The summed E-state index contributed by atoms with van der Waals surface area (Å²) < 4.78 is 9.25. The van der Waals surface area contributed by atoms with E-state index in [9.17, 15) is 0 Å². The smallest absolute Gasteiger partial charge is 0.227 e. The lowest BCUT2D eigenvalue weighted by atomic mass is 9.95. The molecule has 0 amide bonds. The molecule has 4 heteroatoms. The van der Waals surface area contributed by atoms with E-state index in [4.69, 9.17) is 9.40 Å². The second-order valence-corrected chi connectivity index (χ2v) is 15.0. The number of rotatable bonds is 6. The fourth-order valence-electron chi connectivity index (χ4n) is 8.02. The monoisotopic (exact) mass is 720 g/mol. The van der Waals surface area contributed by atoms with Crippen LogP contribution in [0.2, 0.25) is 0 Å². The van der Waals surface area contributed by atoms with Crippen LogP contribution in [0, 0.1) is 0 Å². The fourth-order valence-corrected chi connectivity index (χ4v) is 9.16. The Labute approximate surface area is 322 Å². The number of thiophene rings is 1. The maximum absolute atomic E-state index is 6.68. The van der Waals surface area contributed by atoms with Gasteiger partial charge in [-0.05, 0) is 93.5 Å².